The Hall–Kier alpha value is -4.02. The highest BCUT2D eigenvalue weighted by Crippen LogP contribution is 2.14. The average molecular weight is 408 g/mol. The molecule has 0 saturated heterocycles. The molecule has 0 aliphatic rings. The minimum Gasteiger partial charge on any atom is -0.347 e. The molecule has 10 nitrogen and oxygen atoms in total. The average Bonchev–Trinajstić information content (AvgIpc) is 3.43. The summed E-state index contributed by atoms with van der Waals surface area (Å²) >= 11 is 0. The van der Waals surface area contributed by atoms with E-state index in [1.807, 2.05) is 6.07 Å². The van der Waals surface area contributed by atoms with Gasteiger partial charge in [-0.15, -0.1) is 10.2 Å². The fourth-order valence-corrected chi connectivity index (χ4v) is 2.62. The van der Waals surface area contributed by atoms with Crippen LogP contribution >= 0.6 is 0 Å². The van der Waals surface area contributed by atoms with Crippen molar-refractivity contribution >= 4 is 5.91 Å². The van der Waals surface area contributed by atoms with Crippen molar-refractivity contribution in [1.82, 2.24) is 40.6 Å². The molecule has 3 aromatic heterocycles. The van der Waals surface area contributed by atoms with E-state index in [1.165, 1.54) is 16.9 Å². The number of hydrogen-bond donors (Lipinski definition) is 1. The summed E-state index contributed by atoms with van der Waals surface area (Å²) < 4.78 is 18.1. The molecule has 3 heterocycles. The van der Waals surface area contributed by atoms with E-state index >= 15 is 0 Å². The van der Waals surface area contributed by atoms with Crippen LogP contribution in [0.5, 0.6) is 0 Å². The molecule has 30 heavy (non-hydrogen) atoms. The number of aryl methyl sites for hydroxylation is 1. The zero-order valence-corrected chi connectivity index (χ0v) is 15.8. The second kappa shape index (κ2) is 8.99. The van der Waals surface area contributed by atoms with Crippen LogP contribution in [-0.4, -0.2) is 41.2 Å². The lowest BCUT2D eigenvalue weighted by atomic mass is 10.2. The maximum absolute atomic E-state index is 13.0. The number of aromatic nitrogens is 7. The quantitative estimate of drug-likeness (QED) is 0.469. The molecule has 0 saturated carbocycles. The summed E-state index contributed by atoms with van der Waals surface area (Å²) in [5, 5.41) is 18.7. The molecule has 4 aromatic rings. The molecule has 0 aliphatic carbocycles. The Balaban J connectivity index is 1.21. The lowest BCUT2D eigenvalue weighted by Gasteiger charge is -2.02. The van der Waals surface area contributed by atoms with E-state index in [9.17, 15) is 9.18 Å². The summed E-state index contributed by atoms with van der Waals surface area (Å²) in [6.07, 6.45) is 2.43. The molecular formula is C19H17FN8O2. The SMILES string of the molecule is O=C(CCCn1nnc(-c2ccc(F)cc2)n1)NCc1nc(-c2ccccn2)no1. The molecule has 1 amide bonds. The van der Waals surface area contributed by atoms with Crippen LogP contribution in [0.3, 0.4) is 0 Å². The third-order valence-electron chi connectivity index (χ3n) is 4.12. The highest BCUT2D eigenvalue weighted by atomic mass is 19.1. The third-order valence-corrected chi connectivity index (χ3v) is 4.12. The molecule has 0 bridgehead atoms. The summed E-state index contributed by atoms with van der Waals surface area (Å²) in [6.45, 7) is 0.557. The number of rotatable bonds is 8. The predicted octanol–water partition coefficient (Wildman–Crippen LogP) is 2.02. The molecule has 1 N–H and O–H groups in total. The third kappa shape index (κ3) is 4.87. The van der Waals surface area contributed by atoms with E-state index in [1.54, 1.807) is 30.5 Å². The van der Waals surface area contributed by atoms with Crippen LogP contribution in [-0.2, 0) is 17.9 Å². The minimum absolute atomic E-state index is 0.134. The smallest absolute Gasteiger partial charge is 0.246 e. The van der Waals surface area contributed by atoms with E-state index in [4.69, 9.17) is 4.52 Å². The number of amides is 1. The Morgan fingerprint density at radius 1 is 1.13 bits per heavy atom. The van der Waals surface area contributed by atoms with Gasteiger partial charge in [-0.25, -0.2) is 4.39 Å². The molecule has 1 aromatic carbocycles. The Morgan fingerprint density at radius 2 is 2.00 bits per heavy atom. The number of benzene rings is 1. The van der Waals surface area contributed by atoms with Gasteiger partial charge in [-0.3, -0.25) is 9.78 Å². The summed E-state index contributed by atoms with van der Waals surface area (Å²) in [4.78, 5) is 21.8. The van der Waals surface area contributed by atoms with Gasteiger partial charge < -0.3 is 9.84 Å². The van der Waals surface area contributed by atoms with Crippen LogP contribution in [0.2, 0.25) is 0 Å². The van der Waals surface area contributed by atoms with Gasteiger partial charge in [0.25, 0.3) is 0 Å². The van der Waals surface area contributed by atoms with Crippen molar-refractivity contribution in [1.29, 1.82) is 0 Å². The lowest BCUT2D eigenvalue weighted by Crippen LogP contribution is -2.23. The number of carbonyl (C=O) groups is 1. The normalized spacial score (nSPS) is 10.8. The Labute approximate surface area is 170 Å². The molecular weight excluding hydrogens is 391 g/mol. The number of nitrogens with one attached hydrogen (secondary N) is 1. The molecule has 0 aliphatic heterocycles. The van der Waals surface area contributed by atoms with Crippen LogP contribution in [0.25, 0.3) is 22.9 Å². The van der Waals surface area contributed by atoms with Crippen molar-refractivity contribution in [3.05, 3.63) is 60.4 Å². The van der Waals surface area contributed by atoms with E-state index in [0.29, 0.717) is 41.8 Å². The summed E-state index contributed by atoms with van der Waals surface area (Å²) in [5.74, 6) is 0.580. The van der Waals surface area contributed by atoms with E-state index in [-0.39, 0.29) is 24.7 Å². The predicted molar refractivity (Wildman–Crippen MR) is 102 cm³/mol. The van der Waals surface area contributed by atoms with Gasteiger partial charge in [0.2, 0.25) is 23.4 Å². The summed E-state index contributed by atoms with van der Waals surface area (Å²) in [7, 11) is 0. The molecule has 0 spiro atoms. The Kier molecular flexibility index (Phi) is 5.78. The van der Waals surface area contributed by atoms with Gasteiger partial charge in [0.15, 0.2) is 0 Å². The van der Waals surface area contributed by atoms with Gasteiger partial charge in [0, 0.05) is 18.2 Å². The Morgan fingerprint density at radius 3 is 2.80 bits per heavy atom. The van der Waals surface area contributed by atoms with Crippen molar-refractivity contribution < 1.29 is 13.7 Å². The molecule has 11 heteroatoms. The second-order valence-corrected chi connectivity index (χ2v) is 6.32. The number of hydrogen-bond acceptors (Lipinski definition) is 8. The lowest BCUT2D eigenvalue weighted by molar-refractivity contribution is -0.121. The first-order valence-electron chi connectivity index (χ1n) is 9.22. The van der Waals surface area contributed by atoms with Gasteiger partial charge >= 0.3 is 0 Å². The van der Waals surface area contributed by atoms with Crippen molar-refractivity contribution in [2.45, 2.75) is 25.9 Å². The van der Waals surface area contributed by atoms with Crippen LogP contribution in [0.4, 0.5) is 4.39 Å². The van der Waals surface area contributed by atoms with Crippen LogP contribution in [0, 0.1) is 5.82 Å². The van der Waals surface area contributed by atoms with Gasteiger partial charge in [-0.1, -0.05) is 11.2 Å². The molecule has 0 radical (unpaired) electrons. The standard InChI is InChI=1S/C19H17FN8O2/c20-14-8-6-13(7-9-14)18-24-27-28(25-18)11-3-5-16(29)22-12-17-23-19(26-30-17)15-4-1-2-10-21-15/h1-2,4,6-10H,3,5,11-12H2,(H,22,29). The highest BCUT2D eigenvalue weighted by molar-refractivity contribution is 5.75. The largest absolute Gasteiger partial charge is 0.347 e. The zero-order chi connectivity index (χ0) is 20.8. The van der Waals surface area contributed by atoms with Crippen molar-refractivity contribution in [2.24, 2.45) is 0 Å². The van der Waals surface area contributed by atoms with Crippen molar-refractivity contribution in [2.75, 3.05) is 0 Å². The monoisotopic (exact) mass is 408 g/mol. The molecule has 4 rings (SSSR count). The second-order valence-electron chi connectivity index (χ2n) is 6.32. The van der Waals surface area contributed by atoms with Crippen molar-refractivity contribution in [3.63, 3.8) is 0 Å². The molecule has 0 unspecified atom stereocenters. The van der Waals surface area contributed by atoms with E-state index in [2.05, 4.69) is 35.9 Å². The molecule has 0 atom stereocenters. The number of pyridine rings is 1. The summed E-state index contributed by atoms with van der Waals surface area (Å²) in [6, 6.07) is 11.2. The fraction of sp³-hybridized carbons (Fsp3) is 0.211. The number of halogens is 1. The van der Waals surface area contributed by atoms with Gasteiger partial charge in [-0.2, -0.15) is 9.78 Å². The first-order chi connectivity index (χ1) is 14.7. The van der Waals surface area contributed by atoms with Crippen LogP contribution in [0.15, 0.2) is 53.2 Å². The maximum Gasteiger partial charge on any atom is 0.246 e. The maximum atomic E-state index is 13.0. The number of carbonyl (C=O) groups excluding carboxylic acids is 1. The Bertz CT molecular complexity index is 1110. The molecule has 152 valence electrons. The first kappa shape index (κ1) is 19.3. The number of tetrazole rings is 1. The topological polar surface area (TPSA) is 125 Å². The van der Waals surface area contributed by atoms with E-state index < -0.39 is 0 Å². The highest BCUT2D eigenvalue weighted by Gasteiger charge is 2.11. The van der Waals surface area contributed by atoms with Gasteiger partial charge in [0.1, 0.15) is 11.5 Å². The molecule has 0 fully saturated rings. The fourth-order valence-electron chi connectivity index (χ4n) is 2.62. The number of nitrogens with zero attached hydrogens (tertiary/aromatic N) is 7. The summed E-state index contributed by atoms with van der Waals surface area (Å²) in [5.41, 5.74) is 1.27. The van der Waals surface area contributed by atoms with Crippen molar-refractivity contribution in [3.8, 4) is 22.9 Å². The van der Waals surface area contributed by atoms with Gasteiger partial charge in [-0.05, 0) is 48.0 Å². The van der Waals surface area contributed by atoms with Crippen LogP contribution in [0.1, 0.15) is 18.7 Å². The van der Waals surface area contributed by atoms with E-state index in [0.717, 1.165) is 0 Å². The van der Waals surface area contributed by atoms with Crippen LogP contribution < -0.4 is 5.32 Å². The van der Waals surface area contributed by atoms with Gasteiger partial charge in [0.05, 0.1) is 13.1 Å². The zero-order valence-electron chi connectivity index (χ0n) is 15.8. The first-order valence-corrected chi connectivity index (χ1v) is 9.22. The minimum atomic E-state index is -0.328.